The van der Waals surface area contributed by atoms with Gasteiger partial charge in [0.25, 0.3) is 0 Å². The minimum atomic E-state index is -3.50. The van der Waals surface area contributed by atoms with Crippen molar-refractivity contribution in [3.05, 3.63) is 0 Å². The first-order valence-corrected chi connectivity index (χ1v) is 12.5. The zero-order chi connectivity index (χ0) is 21.0. The number of morpholine rings is 1. The number of β-amino-alcohol motifs (C(OH)–C–C–N with tert-alkyl or cyclic N) is 1. The van der Waals surface area contributed by atoms with Crippen LogP contribution in [-0.4, -0.2) is 79.0 Å². The van der Waals surface area contributed by atoms with Gasteiger partial charge in [-0.05, 0) is 58.3 Å². The molecule has 0 aromatic carbocycles. The van der Waals surface area contributed by atoms with Gasteiger partial charge in [0, 0.05) is 37.1 Å². The van der Waals surface area contributed by atoms with Crippen LogP contribution in [0.1, 0.15) is 60.8 Å². The van der Waals surface area contributed by atoms with Crippen LogP contribution in [0.5, 0.6) is 0 Å². The molecule has 2 unspecified atom stereocenters. The van der Waals surface area contributed by atoms with Gasteiger partial charge in [0.15, 0.2) is 0 Å². The fourth-order valence-corrected chi connectivity index (χ4v) is 9.49. The SMILES string of the molecule is CC(C)N(C(C)C)S(=O)(=O)CC12CCC(C[C@]1(O)CN1CCOCC1)C2(C)C. The maximum atomic E-state index is 13.6. The van der Waals surface area contributed by atoms with Crippen LogP contribution in [0.3, 0.4) is 0 Å². The van der Waals surface area contributed by atoms with Gasteiger partial charge < -0.3 is 9.84 Å². The average Bonchev–Trinajstić information content (AvgIpc) is 2.86. The summed E-state index contributed by atoms with van der Waals surface area (Å²) in [6, 6.07) is -0.175. The van der Waals surface area contributed by atoms with Crippen LogP contribution in [0, 0.1) is 16.7 Å². The first-order chi connectivity index (χ1) is 12.9. The lowest BCUT2D eigenvalue weighted by Gasteiger charge is -2.50. The molecule has 3 rings (SSSR count). The van der Waals surface area contributed by atoms with Gasteiger partial charge in [0.1, 0.15) is 0 Å². The number of fused-ring (bicyclic) bond motifs is 2. The lowest BCUT2D eigenvalue weighted by molar-refractivity contribution is -0.114. The summed E-state index contributed by atoms with van der Waals surface area (Å²) >= 11 is 0. The van der Waals surface area contributed by atoms with E-state index in [1.807, 2.05) is 27.7 Å². The highest BCUT2D eigenvalue weighted by Gasteiger charge is 2.72. The van der Waals surface area contributed by atoms with Gasteiger partial charge in [-0.25, -0.2) is 8.42 Å². The van der Waals surface area contributed by atoms with Crippen molar-refractivity contribution >= 4 is 10.0 Å². The summed E-state index contributed by atoms with van der Waals surface area (Å²) in [7, 11) is -3.50. The third-order valence-corrected chi connectivity index (χ3v) is 10.3. The van der Waals surface area contributed by atoms with Crippen molar-refractivity contribution < 1.29 is 18.3 Å². The molecule has 0 radical (unpaired) electrons. The number of aliphatic hydroxyl groups is 1. The fraction of sp³-hybridized carbons (Fsp3) is 1.00. The summed E-state index contributed by atoms with van der Waals surface area (Å²) in [5.74, 6) is 0.418. The van der Waals surface area contributed by atoms with E-state index in [0.29, 0.717) is 32.1 Å². The van der Waals surface area contributed by atoms with Gasteiger partial charge in [0.05, 0.1) is 24.6 Å². The van der Waals surface area contributed by atoms with Crippen molar-refractivity contribution in [1.82, 2.24) is 9.21 Å². The van der Waals surface area contributed by atoms with E-state index in [-0.39, 0.29) is 23.3 Å². The van der Waals surface area contributed by atoms with Crippen LogP contribution >= 0.6 is 0 Å². The smallest absolute Gasteiger partial charge is 0.215 e. The number of nitrogens with zero attached hydrogens (tertiary/aromatic N) is 2. The molecule has 7 heteroatoms. The van der Waals surface area contributed by atoms with Crippen LogP contribution in [-0.2, 0) is 14.8 Å². The Morgan fingerprint density at radius 3 is 2.21 bits per heavy atom. The van der Waals surface area contributed by atoms with Gasteiger partial charge in [0.2, 0.25) is 10.0 Å². The molecule has 0 amide bonds. The molecule has 2 aliphatic carbocycles. The van der Waals surface area contributed by atoms with Gasteiger partial charge in [-0.3, -0.25) is 4.90 Å². The molecular formula is C21H40N2O4S. The minimum absolute atomic E-state index is 0.0424. The van der Waals surface area contributed by atoms with E-state index < -0.39 is 21.0 Å². The van der Waals surface area contributed by atoms with Crippen molar-refractivity contribution in [2.75, 3.05) is 38.6 Å². The van der Waals surface area contributed by atoms with E-state index in [1.165, 1.54) is 0 Å². The zero-order valence-corrected chi connectivity index (χ0v) is 19.4. The monoisotopic (exact) mass is 416 g/mol. The summed E-state index contributed by atoms with van der Waals surface area (Å²) in [6.07, 6.45) is 2.50. The largest absolute Gasteiger partial charge is 0.388 e. The van der Waals surface area contributed by atoms with Crippen molar-refractivity contribution in [1.29, 1.82) is 0 Å². The van der Waals surface area contributed by atoms with Gasteiger partial charge in [-0.2, -0.15) is 4.31 Å². The van der Waals surface area contributed by atoms with Gasteiger partial charge >= 0.3 is 0 Å². The standard InChI is InChI=1S/C21H40N2O4S/c1-16(2)23(17(3)4)28(25,26)15-20-8-7-18(19(20,5)6)13-21(20,24)14-22-9-11-27-12-10-22/h16-18,24H,7-15H2,1-6H3/t18?,20?,21-/m0/s1. The molecule has 2 bridgehead atoms. The molecule has 1 heterocycles. The quantitative estimate of drug-likeness (QED) is 0.690. The third kappa shape index (κ3) is 3.45. The summed E-state index contributed by atoms with van der Waals surface area (Å²) in [5, 5.41) is 12.0. The zero-order valence-electron chi connectivity index (χ0n) is 18.6. The molecule has 28 heavy (non-hydrogen) atoms. The maximum Gasteiger partial charge on any atom is 0.215 e. The lowest BCUT2D eigenvalue weighted by Crippen LogP contribution is -2.61. The molecular weight excluding hydrogens is 376 g/mol. The van der Waals surface area contributed by atoms with Crippen LogP contribution in [0.15, 0.2) is 0 Å². The Morgan fingerprint density at radius 2 is 1.71 bits per heavy atom. The van der Waals surface area contributed by atoms with Crippen LogP contribution < -0.4 is 0 Å². The Balaban J connectivity index is 1.96. The predicted octanol–water partition coefficient (Wildman–Crippen LogP) is 2.32. The van der Waals surface area contributed by atoms with Crippen LogP contribution in [0.2, 0.25) is 0 Å². The minimum Gasteiger partial charge on any atom is -0.388 e. The Kier molecular flexibility index (Phi) is 6.01. The second kappa shape index (κ2) is 7.49. The second-order valence-electron chi connectivity index (χ2n) is 10.4. The van der Waals surface area contributed by atoms with E-state index in [9.17, 15) is 13.5 Å². The molecule has 3 atom stereocenters. The van der Waals surface area contributed by atoms with Gasteiger partial charge in [-0.1, -0.05) is 13.8 Å². The van der Waals surface area contributed by atoms with Crippen LogP contribution in [0.25, 0.3) is 0 Å². The molecule has 3 fully saturated rings. The normalized spacial score (nSPS) is 36.1. The summed E-state index contributed by atoms with van der Waals surface area (Å²) < 4.78 is 34.3. The lowest BCUT2D eigenvalue weighted by atomic mass is 9.64. The van der Waals surface area contributed by atoms with Crippen molar-refractivity contribution in [2.45, 2.75) is 78.5 Å². The van der Waals surface area contributed by atoms with Crippen molar-refractivity contribution in [3.8, 4) is 0 Å². The van der Waals surface area contributed by atoms with E-state index in [4.69, 9.17) is 4.74 Å². The predicted molar refractivity (Wildman–Crippen MR) is 112 cm³/mol. The molecule has 2 saturated carbocycles. The van der Waals surface area contributed by atoms with Crippen LogP contribution in [0.4, 0.5) is 0 Å². The highest BCUT2D eigenvalue weighted by Crippen LogP contribution is 2.70. The molecule has 0 spiro atoms. The Labute approximate surface area is 171 Å². The molecule has 1 N–H and O–H groups in total. The average molecular weight is 417 g/mol. The third-order valence-electron chi connectivity index (χ3n) is 8.01. The number of sulfonamides is 1. The van der Waals surface area contributed by atoms with E-state index in [0.717, 1.165) is 25.9 Å². The number of rotatable bonds is 7. The Bertz CT molecular complexity index is 664. The summed E-state index contributed by atoms with van der Waals surface area (Å²) in [4.78, 5) is 2.26. The fourth-order valence-electron chi connectivity index (χ4n) is 6.65. The topological polar surface area (TPSA) is 70.1 Å². The molecule has 3 aliphatic rings. The Hall–Kier alpha value is -0.210. The van der Waals surface area contributed by atoms with Crippen molar-refractivity contribution in [2.24, 2.45) is 16.7 Å². The molecule has 164 valence electrons. The molecule has 1 saturated heterocycles. The van der Waals surface area contributed by atoms with E-state index in [2.05, 4.69) is 18.7 Å². The van der Waals surface area contributed by atoms with Gasteiger partial charge in [-0.15, -0.1) is 0 Å². The molecule has 6 nitrogen and oxygen atoms in total. The van der Waals surface area contributed by atoms with E-state index >= 15 is 0 Å². The molecule has 1 aliphatic heterocycles. The van der Waals surface area contributed by atoms with Crippen molar-refractivity contribution in [3.63, 3.8) is 0 Å². The summed E-state index contributed by atoms with van der Waals surface area (Å²) in [5.41, 5.74) is -1.77. The maximum absolute atomic E-state index is 13.6. The Morgan fingerprint density at radius 1 is 1.14 bits per heavy atom. The molecule has 0 aromatic rings. The molecule has 0 aromatic heterocycles. The number of ether oxygens (including phenoxy) is 1. The second-order valence-corrected chi connectivity index (χ2v) is 12.3. The number of hydrogen-bond acceptors (Lipinski definition) is 5. The number of hydrogen-bond donors (Lipinski definition) is 1. The first-order valence-electron chi connectivity index (χ1n) is 10.9. The summed E-state index contributed by atoms with van der Waals surface area (Å²) in [6.45, 7) is 15.7. The first kappa shape index (κ1) is 22.5. The highest BCUT2D eigenvalue weighted by molar-refractivity contribution is 7.89. The van der Waals surface area contributed by atoms with E-state index in [1.54, 1.807) is 4.31 Å². The highest BCUT2D eigenvalue weighted by atomic mass is 32.2.